The van der Waals surface area contributed by atoms with Gasteiger partial charge in [0.1, 0.15) is 6.33 Å². The summed E-state index contributed by atoms with van der Waals surface area (Å²) in [5.41, 5.74) is -0.825. The molecule has 0 amide bonds. The first-order valence-electron chi connectivity index (χ1n) is 10.2. The fraction of sp³-hybridized carbons (Fsp3) is 0.190. The van der Waals surface area contributed by atoms with E-state index in [1.807, 2.05) is 0 Å². The third kappa shape index (κ3) is 5.17. The van der Waals surface area contributed by atoms with Gasteiger partial charge in [0.2, 0.25) is 0 Å². The average molecular weight is 521 g/mol. The van der Waals surface area contributed by atoms with Crippen LogP contribution in [0.5, 0.6) is 0 Å². The molecule has 4 aromatic rings. The van der Waals surface area contributed by atoms with Crippen LogP contribution in [0.1, 0.15) is 17.0 Å². The maximum absolute atomic E-state index is 15.5. The van der Waals surface area contributed by atoms with Crippen LogP contribution in [0.4, 0.5) is 19.0 Å². The zero-order valence-corrected chi connectivity index (χ0v) is 18.9. The summed E-state index contributed by atoms with van der Waals surface area (Å²) >= 11 is 5.94. The topological polar surface area (TPSA) is 137 Å². The quantitative estimate of drug-likeness (QED) is 0.260. The summed E-state index contributed by atoms with van der Waals surface area (Å²) in [4.78, 5) is 20.1. The molecule has 4 heterocycles. The van der Waals surface area contributed by atoms with Gasteiger partial charge in [0.25, 0.3) is 5.69 Å². The molecule has 0 spiro atoms. The Bertz CT molecular complexity index is 1390. The van der Waals surface area contributed by atoms with Crippen molar-refractivity contribution in [3.63, 3.8) is 0 Å². The summed E-state index contributed by atoms with van der Waals surface area (Å²) in [5.74, 6) is -6.96. The molecule has 0 atom stereocenters. The SMILES string of the molecule is O=C(O)Cc1c(Cl)cnc(N(Cc2ncccc2-n2cnnn2)CC(F)(F)c2cccc[n+]2[O-])c1F. The minimum Gasteiger partial charge on any atom is -0.618 e. The van der Waals surface area contributed by atoms with Crippen LogP contribution in [0.3, 0.4) is 0 Å². The van der Waals surface area contributed by atoms with Gasteiger partial charge in [-0.25, -0.2) is 9.37 Å². The fourth-order valence-electron chi connectivity index (χ4n) is 3.48. The number of nitrogens with zero attached hydrogens (tertiary/aromatic N) is 8. The molecular formula is C21H16ClF3N8O3. The van der Waals surface area contributed by atoms with E-state index in [9.17, 15) is 10.0 Å². The molecule has 4 aromatic heterocycles. The highest BCUT2D eigenvalue weighted by molar-refractivity contribution is 6.31. The van der Waals surface area contributed by atoms with E-state index >= 15 is 13.2 Å². The molecule has 1 N–H and O–H groups in total. The third-order valence-electron chi connectivity index (χ3n) is 5.07. The van der Waals surface area contributed by atoms with E-state index in [-0.39, 0.29) is 15.4 Å². The molecule has 0 bridgehead atoms. The van der Waals surface area contributed by atoms with Gasteiger partial charge in [-0.05, 0) is 28.6 Å². The second kappa shape index (κ2) is 10.1. The van der Waals surface area contributed by atoms with E-state index in [1.165, 1.54) is 29.3 Å². The number of carbonyl (C=O) groups is 1. The van der Waals surface area contributed by atoms with Crippen molar-refractivity contribution >= 4 is 23.4 Å². The minimum absolute atomic E-state index is 0.00690. The zero-order valence-electron chi connectivity index (χ0n) is 18.2. The van der Waals surface area contributed by atoms with E-state index in [0.29, 0.717) is 5.69 Å². The predicted molar refractivity (Wildman–Crippen MR) is 118 cm³/mol. The molecule has 186 valence electrons. The summed E-state index contributed by atoms with van der Waals surface area (Å²) in [5, 5.41) is 31.8. The summed E-state index contributed by atoms with van der Waals surface area (Å²) in [6, 6.07) is 6.63. The second-order valence-corrected chi connectivity index (χ2v) is 7.90. The van der Waals surface area contributed by atoms with E-state index in [0.717, 1.165) is 23.4 Å². The molecule has 0 fully saturated rings. The Morgan fingerprint density at radius 1 is 1.25 bits per heavy atom. The predicted octanol–water partition coefficient (Wildman–Crippen LogP) is 2.30. The summed E-state index contributed by atoms with van der Waals surface area (Å²) in [7, 11) is 0. The van der Waals surface area contributed by atoms with E-state index in [2.05, 4.69) is 25.5 Å². The highest BCUT2D eigenvalue weighted by Crippen LogP contribution is 2.33. The van der Waals surface area contributed by atoms with Crippen LogP contribution < -0.4 is 9.63 Å². The number of rotatable bonds is 9. The molecule has 11 nitrogen and oxygen atoms in total. The maximum atomic E-state index is 15.5. The number of hydrogen-bond acceptors (Lipinski definition) is 8. The van der Waals surface area contributed by atoms with Crippen LogP contribution in [-0.4, -0.2) is 47.8 Å². The lowest BCUT2D eigenvalue weighted by Crippen LogP contribution is -2.44. The summed E-state index contributed by atoms with van der Waals surface area (Å²) in [6.45, 7) is -1.64. The van der Waals surface area contributed by atoms with Crippen molar-refractivity contribution in [2.75, 3.05) is 11.4 Å². The molecule has 0 unspecified atom stereocenters. The number of tetrazole rings is 1. The monoisotopic (exact) mass is 520 g/mol. The van der Waals surface area contributed by atoms with Gasteiger partial charge < -0.3 is 15.2 Å². The molecule has 0 aliphatic rings. The molecule has 36 heavy (non-hydrogen) atoms. The smallest absolute Gasteiger partial charge is 0.348 e. The van der Waals surface area contributed by atoms with Crippen molar-refractivity contribution in [1.82, 2.24) is 30.2 Å². The standard InChI is InChI=1S/C21H16ClF3N8O3/c22-14-9-27-20(19(23)13(14)8-18(34)35)31(11-21(24,25)17-5-1-2-7-33(17)36)10-15-16(4-3-6-26-15)32-12-28-29-30-32/h1-7,9,12H,8,10-11H2,(H,34,35). The molecular weight excluding hydrogens is 505 g/mol. The highest BCUT2D eigenvalue weighted by atomic mass is 35.5. The number of alkyl halides is 2. The van der Waals surface area contributed by atoms with Gasteiger partial charge in [0.15, 0.2) is 17.8 Å². The number of carboxylic acids is 1. The zero-order chi connectivity index (χ0) is 25.9. The van der Waals surface area contributed by atoms with Gasteiger partial charge in [0, 0.05) is 30.1 Å². The Morgan fingerprint density at radius 2 is 2.06 bits per heavy atom. The maximum Gasteiger partial charge on any atom is 0.348 e. The Morgan fingerprint density at radius 3 is 2.75 bits per heavy atom. The summed E-state index contributed by atoms with van der Waals surface area (Å²) < 4.78 is 47.4. The highest BCUT2D eigenvalue weighted by Gasteiger charge is 2.42. The van der Waals surface area contributed by atoms with Crippen molar-refractivity contribution in [2.45, 2.75) is 18.9 Å². The summed E-state index contributed by atoms with van der Waals surface area (Å²) in [6.07, 6.45) is 3.73. The second-order valence-electron chi connectivity index (χ2n) is 7.49. The number of pyridine rings is 3. The molecule has 0 saturated carbocycles. The number of carboxylic acid groups (broad SMARTS) is 1. The normalized spacial score (nSPS) is 11.4. The lowest BCUT2D eigenvalue weighted by Gasteiger charge is -2.28. The number of halogens is 4. The lowest BCUT2D eigenvalue weighted by molar-refractivity contribution is -0.624. The van der Waals surface area contributed by atoms with Crippen LogP contribution >= 0.6 is 11.6 Å². The first kappa shape index (κ1) is 24.8. The lowest BCUT2D eigenvalue weighted by atomic mass is 10.1. The number of aliphatic carboxylic acids is 1. The van der Waals surface area contributed by atoms with Crippen molar-refractivity contribution in [3.8, 4) is 5.69 Å². The van der Waals surface area contributed by atoms with Gasteiger partial charge in [-0.3, -0.25) is 9.78 Å². The molecule has 15 heteroatoms. The molecule has 0 aliphatic heterocycles. The molecule has 0 saturated heterocycles. The minimum atomic E-state index is -3.78. The third-order valence-corrected chi connectivity index (χ3v) is 5.39. The first-order valence-corrected chi connectivity index (χ1v) is 10.6. The van der Waals surface area contributed by atoms with Gasteiger partial charge in [-0.2, -0.15) is 18.2 Å². The average Bonchev–Trinajstić information content (AvgIpc) is 3.36. The van der Waals surface area contributed by atoms with Crippen molar-refractivity contribution < 1.29 is 27.8 Å². The van der Waals surface area contributed by atoms with Gasteiger partial charge in [0.05, 0.1) is 35.9 Å². The van der Waals surface area contributed by atoms with Crippen LogP contribution in [0.2, 0.25) is 5.02 Å². The Balaban J connectivity index is 1.81. The molecule has 0 aromatic carbocycles. The van der Waals surface area contributed by atoms with Crippen LogP contribution in [0.15, 0.2) is 55.2 Å². The van der Waals surface area contributed by atoms with Crippen LogP contribution in [-0.2, 0) is 23.7 Å². The Labute approximate surface area is 206 Å². The van der Waals surface area contributed by atoms with Crippen LogP contribution in [0, 0.1) is 11.0 Å². The molecule has 0 aliphatic carbocycles. The number of anilines is 1. The van der Waals surface area contributed by atoms with Crippen LogP contribution in [0.25, 0.3) is 5.69 Å². The van der Waals surface area contributed by atoms with Crippen molar-refractivity contribution in [3.05, 3.63) is 88.2 Å². The first-order chi connectivity index (χ1) is 17.2. The molecule has 4 rings (SSSR count). The van der Waals surface area contributed by atoms with E-state index in [1.54, 1.807) is 12.1 Å². The fourth-order valence-corrected chi connectivity index (χ4v) is 3.67. The Kier molecular flexibility index (Phi) is 6.96. The van der Waals surface area contributed by atoms with Gasteiger partial charge in [-0.1, -0.05) is 11.6 Å². The van der Waals surface area contributed by atoms with Crippen molar-refractivity contribution in [1.29, 1.82) is 0 Å². The molecule has 0 radical (unpaired) electrons. The van der Waals surface area contributed by atoms with E-state index in [4.69, 9.17) is 16.7 Å². The largest absolute Gasteiger partial charge is 0.618 e. The Hall–Kier alpha value is -4.33. The number of hydrogen-bond donors (Lipinski definition) is 1. The van der Waals surface area contributed by atoms with E-state index < -0.39 is 54.3 Å². The van der Waals surface area contributed by atoms with Crippen molar-refractivity contribution in [2.24, 2.45) is 0 Å². The number of aromatic nitrogens is 7. The van der Waals surface area contributed by atoms with Gasteiger partial charge in [-0.15, -0.1) is 5.10 Å². The van der Waals surface area contributed by atoms with Gasteiger partial charge >= 0.3 is 11.9 Å².